The molecule has 0 atom stereocenters. The summed E-state index contributed by atoms with van der Waals surface area (Å²) in [7, 11) is 0. The van der Waals surface area contributed by atoms with Crippen LogP contribution in [0.25, 0.3) is 10.7 Å². The lowest BCUT2D eigenvalue weighted by Gasteiger charge is -2.14. The van der Waals surface area contributed by atoms with Gasteiger partial charge in [-0.25, -0.2) is 14.4 Å². The van der Waals surface area contributed by atoms with Gasteiger partial charge in [-0.1, -0.05) is 12.1 Å². The number of hydrogen-bond acceptors (Lipinski definition) is 5. The van der Waals surface area contributed by atoms with Crippen LogP contribution in [0.3, 0.4) is 0 Å². The van der Waals surface area contributed by atoms with E-state index in [1.54, 1.807) is 12.1 Å². The second-order valence-corrected chi connectivity index (χ2v) is 8.53. The molecule has 2 aromatic heterocycles. The smallest absolute Gasteiger partial charge is 0.307 e. The molecule has 144 valence electrons. The number of anilines is 2. The average Bonchev–Trinajstić information content (AvgIpc) is 3.06. The first-order chi connectivity index (χ1) is 13.4. The molecule has 2 heterocycles. The summed E-state index contributed by atoms with van der Waals surface area (Å²) in [4.78, 5) is 20.9. The van der Waals surface area contributed by atoms with Crippen LogP contribution in [0.4, 0.5) is 15.9 Å². The normalized spacial score (nSPS) is 10.7. The molecular weight excluding hydrogens is 445 g/mol. The van der Waals surface area contributed by atoms with Crippen LogP contribution in [0.1, 0.15) is 16.8 Å². The number of halogens is 2. The third-order valence-corrected chi connectivity index (χ3v) is 5.62. The quantitative estimate of drug-likeness (QED) is 0.453. The average molecular weight is 462 g/mol. The van der Waals surface area contributed by atoms with Gasteiger partial charge in [0.25, 0.3) is 0 Å². The number of carbonyl (C=O) groups is 1. The van der Waals surface area contributed by atoms with Crippen molar-refractivity contribution in [1.29, 1.82) is 0 Å². The Labute approximate surface area is 174 Å². The second-order valence-electron chi connectivity index (χ2n) is 6.07. The Kier molecular flexibility index (Phi) is 6.21. The first-order valence-electron chi connectivity index (χ1n) is 8.38. The number of rotatable bonds is 7. The van der Waals surface area contributed by atoms with Crippen LogP contribution in [-0.2, 0) is 17.6 Å². The molecule has 0 bridgehead atoms. The fraction of sp³-hybridized carbons (Fsp3) is 0.150. The predicted molar refractivity (Wildman–Crippen MR) is 113 cm³/mol. The highest BCUT2D eigenvalue weighted by Gasteiger charge is 2.15. The van der Waals surface area contributed by atoms with Crippen molar-refractivity contribution in [2.45, 2.75) is 19.8 Å². The molecule has 0 amide bonds. The van der Waals surface area contributed by atoms with E-state index in [0.29, 0.717) is 23.6 Å². The van der Waals surface area contributed by atoms with Crippen LogP contribution in [0, 0.1) is 12.7 Å². The minimum atomic E-state index is -1.01. The molecule has 0 saturated heterocycles. The minimum Gasteiger partial charge on any atom is -0.481 e. The number of benzene rings is 1. The summed E-state index contributed by atoms with van der Waals surface area (Å²) in [5.41, 5.74) is 2.21. The second kappa shape index (κ2) is 8.62. The van der Waals surface area contributed by atoms with Crippen molar-refractivity contribution in [3.8, 4) is 10.7 Å². The molecule has 0 fully saturated rings. The molecule has 0 saturated carbocycles. The molecule has 1 aromatic carbocycles. The van der Waals surface area contributed by atoms with Crippen LogP contribution in [-0.4, -0.2) is 21.0 Å². The van der Waals surface area contributed by atoms with Gasteiger partial charge in [0, 0.05) is 11.3 Å². The van der Waals surface area contributed by atoms with Gasteiger partial charge in [0.05, 0.1) is 20.8 Å². The van der Waals surface area contributed by atoms with Gasteiger partial charge in [-0.3, -0.25) is 4.79 Å². The van der Waals surface area contributed by atoms with Gasteiger partial charge in [0.15, 0.2) is 5.82 Å². The number of allylic oxidation sites excluding steroid dienone is 1. The maximum atomic E-state index is 14.5. The molecule has 0 radical (unpaired) electrons. The highest BCUT2D eigenvalue weighted by atomic mass is 79.9. The number of aliphatic carboxylic acids is 1. The standard InChI is InChI=1S/C20H17BrFN3O2S/c1-3-4-13-11(2)23-20(16-7-8-17(21)28-16)25-19(13)24-15-6-5-12(9-14(15)22)10-18(26)27/h3,5-9H,1,4,10H2,2H3,(H,26,27)(H,23,24,25). The molecule has 3 rings (SSSR count). The van der Waals surface area contributed by atoms with E-state index in [9.17, 15) is 9.18 Å². The summed E-state index contributed by atoms with van der Waals surface area (Å²) in [5.74, 6) is -0.505. The van der Waals surface area contributed by atoms with Crippen molar-refractivity contribution in [2.24, 2.45) is 0 Å². The number of hydrogen-bond donors (Lipinski definition) is 2. The maximum absolute atomic E-state index is 14.5. The Morgan fingerprint density at radius 1 is 1.36 bits per heavy atom. The topological polar surface area (TPSA) is 75.1 Å². The largest absolute Gasteiger partial charge is 0.481 e. The Morgan fingerprint density at radius 2 is 2.14 bits per heavy atom. The summed E-state index contributed by atoms with van der Waals surface area (Å²) < 4.78 is 15.5. The third-order valence-electron chi connectivity index (χ3n) is 4.00. The fourth-order valence-corrected chi connectivity index (χ4v) is 4.03. The summed E-state index contributed by atoms with van der Waals surface area (Å²) in [6.45, 7) is 5.65. The third kappa shape index (κ3) is 4.63. The number of thiophene rings is 1. The van der Waals surface area contributed by atoms with E-state index in [2.05, 4.69) is 37.8 Å². The van der Waals surface area contributed by atoms with Gasteiger partial charge >= 0.3 is 5.97 Å². The predicted octanol–water partition coefficient (Wildman–Crippen LogP) is 5.51. The Hall–Kier alpha value is -2.58. The summed E-state index contributed by atoms with van der Waals surface area (Å²) in [5, 5.41) is 11.9. The molecule has 0 unspecified atom stereocenters. The summed E-state index contributed by atoms with van der Waals surface area (Å²) in [6.07, 6.45) is 2.04. The molecule has 0 spiro atoms. The molecule has 5 nitrogen and oxygen atoms in total. The lowest BCUT2D eigenvalue weighted by atomic mass is 10.1. The zero-order valence-corrected chi connectivity index (χ0v) is 17.4. The molecule has 0 aliphatic heterocycles. The lowest BCUT2D eigenvalue weighted by molar-refractivity contribution is -0.136. The van der Waals surface area contributed by atoms with E-state index in [4.69, 9.17) is 5.11 Å². The van der Waals surface area contributed by atoms with Crippen molar-refractivity contribution in [1.82, 2.24) is 9.97 Å². The number of nitrogens with zero attached hydrogens (tertiary/aromatic N) is 2. The summed E-state index contributed by atoms with van der Waals surface area (Å²) >= 11 is 4.94. The Balaban J connectivity index is 2.01. The molecular formula is C20H17BrFN3O2S. The van der Waals surface area contributed by atoms with Crippen LogP contribution >= 0.6 is 27.3 Å². The van der Waals surface area contributed by atoms with Gasteiger partial charge in [-0.15, -0.1) is 17.9 Å². The van der Waals surface area contributed by atoms with E-state index in [1.165, 1.54) is 23.5 Å². The molecule has 0 aliphatic rings. The zero-order chi connectivity index (χ0) is 20.3. The Bertz CT molecular complexity index is 1050. The van der Waals surface area contributed by atoms with Gasteiger partial charge in [0.2, 0.25) is 0 Å². The minimum absolute atomic E-state index is 0.218. The van der Waals surface area contributed by atoms with Gasteiger partial charge in [-0.05, 0) is 59.1 Å². The van der Waals surface area contributed by atoms with E-state index in [0.717, 1.165) is 19.9 Å². The number of nitrogens with one attached hydrogen (secondary N) is 1. The van der Waals surface area contributed by atoms with E-state index in [-0.39, 0.29) is 12.1 Å². The lowest BCUT2D eigenvalue weighted by Crippen LogP contribution is -2.07. The zero-order valence-electron chi connectivity index (χ0n) is 15.0. The van der Waals surface area contributed by atoms with Gasteiger partial charge < -0.3 is 10.4 Å². The van der Waals surface area contributed by atoms with E-state index < -0.39 is 11.8 Å². The van der Waals surface area contributed by atoms with Gasteiger partial charge in [-0.2, -0.15) is 0 Å². The molecule has 3 aromatic rings. The number of carboxylic acid groups (broad SMARTS) is 1. The monoisotopic (exact) mass is 461 g/mol. The van der Waals surface area contributed by atoms with Crippen LogP contribution in [0.5, 0.6) is 0 Å². The number of aryl methyl sites for hydroxylation is 1. The summed E-state index contributed by atoms with van der Waals surface area (Å²) in [6, 6.07) is 8.16. The highest BCUT2D eigenvalue weighted by molar-refractivity contribution is 9.11. The van der Waals surface area contributed by atoms with Crippen LogP contribution < -0.4 is 5.32 Å². The maximum Gasteiger partial charge on any atom is 0.307 e. The van der Waals surface area contributed by atoms with Crippen LogP contribution in [0.15, 0.2) is 46.8 Å². The van der Waals surface area contributed by atoms with Crippen molar-refractivity contribution < 1.29 is 14.3 Å². The fourth-order valence-electron chi connectivity index (χ4n) is 2.70. The van der Waals surface area contributed by atoms with Crippen molar-refractivity contribution in [3.05, 3.63) is 69.4 Å². The number of aromatic nitrogens is 2. The highest BCUT2D eigenvalue weighted by Crippen LogP contribution is 2.32. The molecule has 0 aliphatic carbocycles. The number of carboxylic acids is 1. The van der Waals surface area contributed by atoms with E-state index in [1.807, 2.05) is 19.1 Å². The molecule has 2 N–H and O–H groups in total. The molecule has 8 heteroatoms. The Morgan fingerprint density at radius 3 is 2.75 bits per heavy atom. The SMILES string of the molecule is C=CCc1c(C)nc(-c2ccc(Br)s2)nc1Nc1ccc(CC(=O)O)cc1F. The van der Waals surface area contributed by atoms with Crippen LogP contribution in [0.2, 0.25) is 0 Å². The first-order valence-corrected chi connectivity index (χ1v) is 9.99. The van der Waals surface area contributed by atoms with Crippen molar-refractivity contribution >= 4 is 44.7 Å². The van der Waals surface area contributed by atoms with Crippen molar-refractivity contribution in [3.63, 3.8) is 0 Å². The molecule has 28 heavy (non-hydrogen) atoms. The first kappa shape index (κ1) is 20.2. The van der Waals surface area contributed by atoms with Gasteiger partial charge in [0.1, 0.15) is 11.6 Å². The van der Waals surface area contributed by atoms with E-state index >= 15 is 0 Å². The van der Waals surface area contributed by atoms with Crippen molar-refractivity contribution in [2.75, 3.05) is 5.32 Å².